The average molecular weight is 484 g/mol. The summed E-state index contributed by atoms with van der Waals surface area (Å²) in [5, 5.41) is 9.50. The summed E-state index contributed by atoms with van der Waals surface area (Å²) in [6.45, 7) is 4.42. The van der Waals surface area contributed by atoms with Crippen molar-refractivity contribution in [3.63, 3.8) is 0 Å². The molecule has 180 valence electrons. The Morgan fingerprint density at radius 3 is 2.35 bits per heavy atom. The second kappa shape index (κ2) is 10.3. The van der Waals surface area contributed by atoms with Gasteiger partial charge in [-0.3, -0.25) is 24.1 Å². The van der Waals surface area contributed by atoms with E-state index in [2.05, 4.69) is 30.0 Å². The van der Waals surface area contributed by atoms with Crippen molar-refractivity contribution in [2.45, 2.75) is 30.6 Å². The standard InChI is InChI=1S/C23H29N7O3S/c1-34-23-27-26-19(30(23)16-8-4-2-5-9-16)18-17(20(31)25-22(32)24-18)21(28-10-6-3-7-11-28)29-12-14-33-15-13-29/h2,4-5,8-9,21H,3,6-7,10-15H2,1H3,(H2,24,25,31,32). The molecule has 11 heteroatoms. The van der Waals surface area contributed by atoms with Gasteiger partial charge >= 0.3 is 5.69 Å². The molecule has 0 amide bonds. The lowest BCUT2D eigenvalue weighted by atomic mass is 10.0. The third-order valence-corrected chi connectivity index (χ3v) is 7.05. The van der Waals surface area contributed by atoms with Gasteiger partial charge in [0, 0.05) is 18.8 Å². The minimum Gasteiger partial charge on any atom is -0.379 e. The number of benzene rings is 1. The van der Waals surface area contributed by atoms with Crippen molar-refractivity contribution < 1.29 is 4.74 Å². The lowest BCUT2D eigenvalue weighted by molar-refractivity contribution is -0.0409. The van der Waals surface area contributed by atoms with E-state index in [1.807, 2.05) is 41.2 Å². The van der Waals surface area contributed by atoms with Crippen molar-refractivity contribution in [3.05, 3.63) is 56.7 Å². The molecule has 2 fully saturated rings. The van der Waals surface area contributed by atoms with E-state index in [0.717, 1.165) is 31.6 Å². The molecule has 1 aromatic carbocycles. The highest BCUT2D eigenvalue weighted by molar-refractivity contribution is 7.98. The molecule has 4 heterocycles. The van der Waals surface area contributed by atoms with Gasteiger partial charge in [-0.15, -0.1) is 10.2 Å². The third-order valence-electron chi connectivity index (χ3n) is 6.42. The highest BCUT2D eigenvalue weighted by Crippen LogP contribution is 2.33. The van der Waals surface area contributed by atoms with Crippen molar-refractivity contribution in [1.29, 1.82) is 0 Å². The van der Waals surface area contributed by atoms with Crippen molar-refractivity contribution in [2.24, 2.45) is 0 Å². The summed E-state index contributed by atoms with van der Waals surface area (Å²) < 4.78 is 7.49. The molecular formula is C23H29N7O3S. The smallest absolute Gasteiger partial charge is 0.326 e. The Bertz CT molecular complexity index is 1210. The summed E-state index contributed by atoms with van der Waals surface area (Å²) in [6.07, 6.45) is 4.97. The number of hydrogen-bond acceptors (Lipinski definition) is 8. The predicted octanol–water partition coefficient (Wildman–Crippen LogP) is 1.85. The predicted molar refractivity (Wildman–Crippen MR) is 130 cm³/mol. The number of hydrogen-bond donors (Lipinski definition) is 2. The molecule has 0 spiro atoms. The summed E-state index contributed by atoms with van der Waals surface area (Å²) in [5.41, 5.74) is 0.818. The van der Waals surface area contributed by atoms with Gasteiger partial charge < -0.3 is 9.72 Å². The van der Waals surface area contributed by atoms with Crippen molar-refractivity contribution in [2.75, 3.05) is 45.6 Å². The zero-order chi connectivity index (χ0) is 23.5. The van der Waals surface area contributed by atoms with E-state index in [1.165, 1.54) is 18.2 Å². The van der Waals surface area contributed by atoms with Crippen LogP contribution in [-0.4, -0.2) is 80.2 Å². The molecule has 2 saturated heterocycles. The summed E-state index contributed by atoms with van der Waals surface area (Å²) in [5.74, 6) is 0.448. The van der Waals surface area contributed by atoms with E-state index < -0.39 is 11.2 Å². The Balaban J connectivity index is 1.72. The Morgan fingerprint density at radius 1 is 0.941 bits per heavy atom. The lowest BCUT2D eigenvalue weighted by Gasteiger charge is -2.43. The van der Waals surface area contributed by atoms with E-state index in [-0.39, 0.29) is 6.17 Å². The van der Waals surface area contributed by atoms with Crippen LogP contribution in [0.3, 0.4) is 0 Å². The van der Waals surface area contributed by atoms with Gasteiger partial charge in [-0.2, -0.15) is 0 Å². The van der Waals surface area contributed by atoms with Gasteiger partial charge in [0.25, 0.3) is 5.56 Å². The molecule has 10 nitrogen and oxygen atoms in total. The molecule has 5 rings (SSSR count). The van der Waals surface area contributed by atoms with Crippen LogP contribution in [0.4, 0.5) is 0 Å². The van der Waals surface area contributed by atoms with E-state index in [4.69, 9.17) is 4.74 Å². The highest BCUT2D eigenvalue weighted by atomic mass is 32.2. The molecule has 0 saturated carbocycles. The number of morpholine rings is 1. The Kier molecular flexibility index (Phi) is 6.95. The number of ether oxygens (including phenoxy) is 1. The number of nitrogens with zero attached hydrogens (tertiary/aromatic N) is 5. The van der Waals surface area contributed by atoms with Crippen LogP contribution >= 0.6 is 11.8 Å². The van der Waals surface area contributed by atoms with E-state index >= 15 is 0 Å². The fraction of sp³-hybridized carbons (Fsp3) is 0.478. The molecule has 2 N–H and O–H groups in total. The molecule has 0 bridgehead atoms. The second-order valence-electron chi connectivity index (χ2n) is 8.50. The van der Waals surface area contributed by atoms with Crippen LogP contribution in [0, 0.1) is 0 Å². The van der Waals surface area contributed by atoms with Crippen LogP contribution < -0.4 is 11.2 Å². The number of aromatic nitrogens is 5. The maximum atomic E-state index is 13.5. The van der Waals surface area contributed by atoms with Gasteiger partial charge in [-0.05, 0) is 44.3 Å². The van der Waals surface area contributed by atoms with Crippen LogP contribution in [0.25, 0.3) is 17.2 Å². The minimum atomic E-state index is -0.559. The molecule has 3 aromatic rings. The van der Waals surface area contributed by atoms with Gasteiger partial charge in [0.2, 0.25) is 0 Å². The minimum absolute atomic E-state index is 0.293. The number of aromatic amines is 2. The monoisotopic (exact) mass is 483 g/mol. The van der Waals surface area contributed by atoms with Crippen LogP contribution in [0.15, 0.2) is 45.1 Å². The van der Waals surface area contributed by atoms with Crippen molar-refractivity contribution in [1.82, 2.24) is 34.5 Å². The molecule has 2 aliphatic heterocycles. The molecule has 2 aromatic heterocycles. The van der Waals surface area contributed by atoms with Crippen molar-refractivity contribution in [3.8, 4) is 17.2 Å². The van der Waals surface area contributed by atoms with E-state index in [0.29, 0.717) is 48.5 Å². The summed E-state index contributed by atoms with van der Waals surface area (Å²) in [7, 11) is 0. The normalized spacial score (nSPS) is 18.7. The Hall–Kier alpha value is -2.73. The molecular weight excluding hydrogens is 454 g/mol. The number of rotatable bonds is 6. The van der Waals surface area contributed by atoms with Crippen LogP contribution in [0.1, 0.15) is 31.0 Å². The van der Waals surface area contributed by atoms with Gasteiger partial charge in [-0.25, -0.2) is 4.79 Å². The average Bonchev–Trinajstić information content (AvgIpc) is 3.31. The molecule has 0 aliphatic carbocycles. The summed E-state index contributed by atoms with van der Waals surface area (Å²) in [4.78, 5) is 36.0. The fourth-order valence-electron chi connectivity index (χ4n) is 4.87. The first-order valence-electron chi connectivity index (χ1n) is 11.6. The maximum Gasteiger partial charge on any atom is 0.326 e. The molecule has 2 aliphatic rings. The van der Waals surface area contributed by atoms with Gasteiger partial charge in [0.05, 0.1) is 30.6 Å². The fourth-order valence-corrected chi connectivity index (χ4v) is 5.37. The van der Waals surface area contributed by atoms with Crippen LogP contribution in [-0.2, 0) is 4.74 Å². The SMILES string of the molecule is CSc1nnc(-c2[nH]c(=O)[nH]c(=O)c2C(N2CCCCC2)N2CCOCC2)n1-c1ccccc1. The third kappa shape index (κ3) is 4.48. The topological polar surface area (TPSA) is 112 Å². The number of piperidine rings is 1. The van der Waals surface area contributed by atoms with Crippen LogP contribution in [0.2, 0.25) is 0 Å². The Labute approximate surface area is 201 Å². The lowest BCUT2D eigenvalue weighted by Crippen LogP contribution is -2.50. The number of thioether (sulfide) groups is 1. The zero-order valence-corrected chi connectivity index (χ0v) is 20.0. The number of para-hydroxylation sites is 1. The number of nitrogens with one attached hydrogen (secondary N) is 2. The van der Waals surface area contributed by atoms with E-state index in [1.54, 1.807) is 0 Å². The molecule has 34 heavy (non-hydrogen) atoms. The summed E-state index contributed by atoms with van der Waals surface area (Å²) >= 11 is 1.46. The highest BCUT2D eigenvalue weighted by Gasteiger charge is 2.35. The summed E-state index contributed by atoms with van der Waals surface area (Å²) in [6, 6.07) is 9.74. The van der Waals surface area contributed by atoms with Gasteiger partial charge in [-0.1, -0.05) is 36.4 Å². The first-order chi connectivity index (χ1) is 16.7. The first kappa shape index (κ1) is 23.0. The molecule has 1 unspecified atom stereocenters. The molecule has 1 atom stereocenters. The number of likely N-dealkylation sites (tertiary alicyclic amines) is 1. The first-order valence-corrected chi connectivity index (χ1v) is 12.9. The Morgan fingerprint density at radius 2 is 1.65 bits per heavy atom. The number of H-pyrrole nitrogens is 2. The van der Waals surface area contributed by atoms with Gasteiger partial charge in [0.15, 0.2) is 11.0 Å². The largest absolute Gasteiger partial charge is 0.379 e. The second-order valence-corrected chi connectivity index (χ2v) is 9.27. The molecule has 0 radical (unpaired) electrons. The van der Waals surface area contributed by atoms with Gasteiger partial charge in [0.1, 0.15) is 0 Å². The quantitative estimate of drug-likeness (QED) is 0.511. The van der Waals surface area contributed by atoms with E-state index in [9.17, 15) is 9.59 Å². The maximum absolute atomic E-state index is 13.5. The zero-order valence-electron chi connectivity index (χ0n) is 19.2. The van der Waals surface area contributed by atoms with Crippen LogP contribution in [0.5, 0.6) is 0 Å². The van der Waals surface area contributed by atoms with Crippen molar-refractivity contribution >= 4 is 11.8 Å².